The average Bonchev–Trinajstić information content (AvgIpc) is 2.91. The van der Waals surface area contributed by atoms with E-state index in [-0.39, 0.29) is 5.56 Å². The number of aromatic nitrogens is 2. The molecule has 24 heavy (non-hydrogen) atoms. The summed E-state index contributed by atoms with van der Waals surface area (Å²) in [6.45, 7) is 6.69. The third-order valence-corrected chi connectivity index (χ3v) is 5.66. The molecule has 3 aromatic rings. The van der Waals surface area contributed by atoms with E-state index in [1.807, 2.05) is 18.4 Å². The third-order valence-electron chi connectivity index (χ3n) is 3.76. The van der Waals surface area contributed by atoms with Crippen molar-refractivity contribution >= 4 is 28.1 Å². The molecule has 0 fully saturated rings. The lowest BCUT2D eigenvalue weighted by Gasteiger charge is -2.11. The van der Waals surface area contributed by atoms with E-state index < -0.39 is 0 Å². The van der Waals surface area contributed by atoms with Crippen molar-refractivity contribution in [1.82, 2.24) is 9.38 Å². The Kier molecular flexibility index (Phi) is 5.26. The average molecular weight is 361 g/mol. The first-order valence-corrected chi connectivity index (χ1v) is 9.83. The second-order valence-electron chi connectivity index (χ2n) is 5.70. The topological polar surface area (TPSA) is 43.6 Å². The molecule has 1 aromatic carbocycles. The number of fused-ring (bicyclic) bond motifs is 1. The number of nitrogens with zero attached hydrogens (tertiary/aromatic N) is 2. The Morgan fingerprint density at radius 1 is 1.25 bits per heavy atom. The second kappa shape index (κ2) is 7.40. The standard InChI is InChI=1S/C18H20N2O2S2/c1-12-5-4-6-13(2)17(12)22-7-8-23-11-15-9-16(21)20-14(3)10-24-18(20)19-15/h4-6,9-10H,7-8,11H2,1-3H3. The maximum absolute atomic E-state index is 12.1. The summed E-state index contributed by atoms with van der Waals surface area (Å²) in [5, 5.41) is 1.96. The molecule has 126 valence electrons. The first-order chi connectivity index (χ1) is 11.6. The van der Waals surface area contributed by atoms with Gasteiger partial charge in [0, 0.05) is 28.6 Å². The van der Waals surface area contributed by atoms with Crippen molar-refractivity contribution < 1.29 is 4.74 Å². The minimum absolute atomic E-state index is 0.00105. The van der Waals surface area contributed by atoms with E-state index in [1.54, 1.807) is 22.2 Å². The predicted molar refractivity (Wildman–Crippen MR) is 102 cm³/mol. The van der Waals surface area contributed by atoms with Crippen LogP contribution in [0.2, 0.25) is 0 Å². The van der Waals surface area contributed by atoms with Crippen LogP contribution in [0.25, 0.3) is 4.96 Å². The molecular formula is C18H20N2O2S2. The number of aryl methyl sites for hydroxylation is 3. The zero-order valence-corrected chi connectivity index (χ0v) is 15.7. The summed E-state index contributed by atoms with van der Waals surface area (Å²) in [4.78, 5) is 17.5. The summed E-state index contributed by atoms with van der Waals surface area (Å²) in [5.74, 6) is 2.56. The molecule has 2 aromatic heterocycles. The molecule has 4 nitrogen and oxygen atoms in total. The molecular weight excluding hydrogens is 340 g/mol. The normalized spacial score (nSPS) is 11.1. The number of ether oxygens (including phenoxy) is 1. The molecule has 0 amide bonds. The van der Waals surface area contributed by atoms with Crippen LogP contribution in [0.5, 0.6) is 5.75 Å². The number of thioether (sulfide) groups is 1. The van der Waals surface area contributed by atoms with E-state index >= 15 is 0 Å². The van der Waals surface area contributed by atoms with Gasteiger partial charge >= 0.3 is 0 Å². The number of benzene rings is 1. The lowest BCUT2D eigenvalue weighted by Crippen LogP contribution is -2.14. The molecule has 3 rings (SSSR count). The number of hydrogen-bond donors (Lipinski definition) is 0. The van der Waals surface area contributed by atoms with Crippen LogP contribution in [0.15, 0.2) is 34.4 Å². The summed E-state index contributed by atoms with van der Waals surface area (Å²) in [7, 11) is 0. The van der Waals surface area contributed by atoms with Crippen LogP contribution >= 0.6 is 23.1 Å². The van der Waals surface area contributed by atoms with E-state index in [0.29, 0.717) is 6.61 Å². The first kappa shape index (κ1) is 17.0. The van der Waals surface area contributed by atoms with Gasteiger partial charge in [-0.05, 0) is 31.9 Å². The fraction of sp³-hybridized carbons (Fsp3) is 0.333. The highest BCUT2D eigenvalue weighted by molar-refractivity contribution is 7.98. The molecule has 0 radical (unpaired) electrons. The Hall–Kier alpha value is -1.79. The van der Waals surface area contributed by atoms with Gasteiger partial charge in [0.15, 0.2) is 4.96 Å². The van der Waals surface area contributed by atoms with E-state index in [1.165, 1.54) is 11.3 Å². The SMILES string of the molecule is Cc1cccc(C)c1OCCSCc1cc(=O)n2c(C)csc2n1. The molecule has 0 saturated heterocycles. The zero-order chi connectivity index (χ0) is 17.1. The minimum Gasteiger partial charge on any atom is -0.492 e. The Morgan fingerprint density at radius 3 is 2.75 bits per heavy atom. The van der Waals surface area contributed by atoms with Crippen molar-refractivity contribution in [3.05, 3.63) is 62.5 Å². The summed E-state index contributed by atoms with van der Waals surface area (Å²) >= 11 is 3.23. The van der Waals surface area contributed by atoms with Crippen molar-refractivity contribution in [3.63, 3.8) is 0 Å². The summed E-state index contributed by atoms with van der Waals surface area (Å²) in [6.07, 6.45) is 0. The van der Waals surface area contributed by atoms with Crippen LogP contribution in [0.1, 0.15) is 22.5 Å². The molecule has 6 heteroatoms. The van der Waals surface area contributed by atoms with Crippen LogP contribution in [0, 0.1) is 20.8 Å². The van der Waals surface area contributed by atoms with Gasteiger partial charge in [-0.15, -0.1) is 11.3 Å². The lowest BCUT2D eigenvalue weighted by atomic mass is 10.1. The highest BCUT2D eigenvalue weighted by atomic mass is 32.2. The lowest BCUT2D eigenvalue weighted by molar-refractivity contribution is 0.339. The number of thiazole rings is 1. The Bertz CT molecular complexity index is 895. The fourth-order valence-electron chi connectivity index (χ4n) is 2.58. The largest absolute Gasteiger partial charge is 0.492 e. The van der Waals surface area contributed by atoms with E-state index in [4.69, 9.17) is 4.74 Å². The first-order valence-electron chi connectivity index (χ1n) is 7.80. The summed E-state index contributed by atoms with van der Waals surface area (Å²) in [5.41, 5.74) is 4.09. The summed E-state index contributed by atoms with van der Waals surface area (Å²) < 4.78 is 7.55. The van der Waals surface area contributed by atoms with Crippen LogP contribution in [0.4, 0.5) is 0 Å². The van der Waals surface area contributed by atoms with E-state index in [9.17, 15) is 4.79 Å². The molecule has 0 aliphatic carbocycles. The predicted octanol–water partition coefficient (Wildman–Crippen LogP) is 3.99. The molecule has 0 N–H and O–H groups in total. The van der Waals surface area contributed by atoms with Crippen molar-refractivity contribution in [2.45, 2.75) is 26.5 Å². The quantitative estimate of drug-likeness (QED) is 0.623. The molecule has 0 aliphatic rings. The summed E-state index contributed by atoms with van der Waals surface area (Å²) in [6, 6.07) is 7.79. The number of rotatable bonds is 6. The smallest absolute Gasteiger partial charge is 0.258 e. The molecule has 0 spiro atoms. The van der Waals surface area contributed by atoms with Gasteiger partial charge in [-0.3, -0.25) is 9.20 Å². The van der Waals surface area contributed by atoms with Crippen LogP contribution < -0.4 is 10.3 Å². The maximum atomic E-state index is 12.1. The van der Waals surface area contributed by atoms with Gasteiger partial charge in [0.1, 0.15) is 5.75 Å². The van der Waals surface area contributed by atoms with Crippen molar-refractivity contribution in [1.29, 1.82) is 0 Å². The fourth-order valence-corrected chi connectivity index (χ4v) is 4.17. The van der Waals surface area contributed by atoms with Gasteiger partial charge in [-0.2, -0.15) is 11.8 Å². The van der Waals surface area contributed by atoms with Gasteiger partial charge in [-0.25, -0.2) is 4.98 Å². The highest BCUT2D eigenvalue weighted by Crippen LogP contribution is 2.22. The number of para-hydroxylation sites is 1. The van der Waals surface area contributed by atoms with Gasteiger partial charge in [0.05, 0.1) is 12.3 Å². The van der Waals surface area contributed by atoms with Gasteiger partial charge in [0.2, 0.25) is 0 Å². The Morgan fingerprint density at radius 2 is 2.00 bits per heavy atom. The van der Waals surface area contributed by atoms with Crippen LogP contribution in [-0.2, 0) is 5.75 Å². The van der Waals surface area contributed by atoms with Crippen molar-refractivity contribution in [3.8, 4) is 5.75 Å². The minimum atomic E-state index is 0.00105. The van der Waals surface area contributed by atoms with Gasteiger partial charge < -0.3 is 4.74 Å². The molecule has 0 atom stereocenters. The van der Waals surface area contributed by atoms with E-state index in [2.05, 4.69) is 31.0 Å². The van der Waals surface area contributed by atoms with Crippen LogP contribution in [-0.4, -0.2) is 21.7 Å². The zero-order valence-electron chi connectivity index (χ0n) is 14.0. The second-order valence-corrected chi connectivity index (χ2v) is 7.64. The molecule has 0 unspecified atom stereocenters. The van der Waals surface area contributed by atoms with Crippen molar-refractivity contribution in [2.75, 3.05) is 12.4 Å². The van der Waals surface area contributed by atoms with Gasteiger partial charge in [-0.1, -0.05) is 18.2 Å². The van der Waals surface area contributed by atoms with E-state index in [0.717, 1.165) is 44.7 Å². The van der Waals surface area contributed by atoms with Gasteiger partial charge in [0.25, 0.3) is 5.56 Å². The van der Waals surface area contributed by atoms with Crippen molar-refractivity contribution in [2.24, 2.45) is 0 Å². The Labute approximate surface area is 149 Å². The Balaban J connectivity index is 1.55. The molecule has 2 heterocycles. The molecule has 0 bridgehead atoms. The molecule has 0 aliphatic heterocycles. The third kappa shape index (κ3) is 3.65. The van der Waals surface area contributed by atoms with Crippen LogP contribution in [0.3, 0.4) is 0 Å². The number of hydrogen-bond acceptors (Lipinski definition) is 5. The maximum Gasteiger partial charge on any atom is 0.258 e. The molecule has 0 saturated carbocycles. The highest BCUT2D eigenvalue weighted by Gasteiger charge is 2.07. The monoisotopic (exact) mass is 360 g/mol.